The Balaban J connectivity index is 1.39. The molecule has 1 aromatic heterocycles. The minimum atomic E-state index is -0.143. The maximum Gasteiger partial charge on any atom is 0.319 e. The molecule has 2 atom stereocenters. The number of hydrogen-bond acceptors (Lipinski definition) is 2. The minimum Gasteiger partial charge on any atom is -0.335 e. The predicted octanol–water partition coefficient (Wildman–Crippen LogP) is 4.03. The molecule has 1 aliphatic carbocycles. The normalized spacial score (nSPS) is 19.9. The molecule has 1 saturated carbocycles. The van der Waals surface area contributed by atoms with Crippen molar-refractivity contribution in [1.82, 2.24) is 15.1 Å². The average Bonchev–Trinajstić information content (AvgIpc) is 3.24. The summed E-state index contributed by atoms with van der Waals surface area (Å²) in [5.74, 6) is 0.535. The van der Waals surface area contributed by atoms with Crippen LogP contribution in [0.15, 0.2) is 54.7 Å². The number of aromatic nitrogens is 2. The van der Waals surface area contributed by atoms with Crippen molar-refractivity contribution in [3.8, 4) is 0 Å². The van der Waals surface area contributed by atoms with Gasteiger partial charge < -0.3 is 10.6 Å². The Bertz CT molecular complexity index is 887. The summed E-state index contributed by atoms with van der Waals surface area (Å²) in [6.07, 6.45) is 4.91. The van der Waals surface area contributed by atoms with Crippen molar-refractivity contribution in [1.29, 1.82) is 0 Å². The third-order valence-electron chi connectivity index (χ3n) is 5.08. The smallest absolute Gasteiger partial charge is 0.319 e. The number of nitrogens with one attached hydrogen (secondary N) is 2. The maximum atomic E-state index is 12.4. The van der Waals surface area contributed by atoms with E-state index in [-0.39, 0.29) is 12.1 Å². The highest BCUT2D eigenvalue weighted by Gasteiger charge is 2.26. The molecule has 4 rings (SSSR count). The van der Waals surface area contributed by atoms with Crippen molar-refractivity contribution < 1.29 is 4.79 Å². The number of hydrogen-bond donors (Lipinski definition) is 2. The summed E-state index contributed by atoms with van der Waals surface area (Å²) < 4.78 is 1.81. The van der Waals surface area contributed by atoms with Crippen LogP contribution in [0.3, 0.4) is 0 Å². The van der Waals surface area contributed by atoms with E-state index >= 15 is 0 Å². The lowest BCUT2D eigenvalue weighted by atomic mass is 9.98. The number of rotatable bonds is 3. The summed E-state index contributed by atoms with van der Waals surface area (Å²) in [5, 5.41) is 11.3. The van der Waals surface area contributed by atoms with Crippen LogP contribution in [0.1, 0.15) is 30.7 Å². The van der Waals surface area contributed by atoms with E-state index in [0.717, 1.165) is 35.9 Å². The number of amides is 2. The SMILES string of the molecule is Cn1ncc2c(NC(=O)N[C@@H]3CC[C@H](c4ccccc4)C3)cccc21. The monoisotopic (exact) mass is 334 g/mol. The fourth-order valence-electron chi connectivity index (χ4n) is 3.77. The van der Waals surface area contributed by atoms with Crippen LogP contribution in [-0.4, -0.2) is 21.9 Å². The zero-order valence-electron chi connectivity index (χ0n) is 14.3. The molecule has 1 fully saturated rings. The molecule has 1 aliphatic rings. The molecule has 0 spiro atoms. The van der Waals surface area contributed by atoms with Crippen LogP contribution in [0.4, 0.5) is 10.5 Å². The molecular weight excluding hydrogens is 312 g/mol. The number of carbonyl (C=O) groups is 1. The molecule has 5 nitrogen and oxygen atoms in total. The van der Waals surface area contributed by atoms with E-state index in [4.69, 9.17) is 0 Å². The molecule has 2 aromatic carbocycles. The first-order valence-corrected chi connectivity index (χ1v) is 8.74. The fraction of sp³-hybridized carbons (Fsp3) is 0.300. The van der Waals surface area contributed by atoms with Crippen molar-refractivity contribution in [3.63, 3.8) is 0 Å². The number of urea groups is 1. The molecule has 0 aliphatic heterocycles. The summed E-state index contributed by atoms with van der Waals surface area (Å²) in [4.78, 5) is 12.4. The fourth-order valence-corrected chi connectivity index (χ4v) is 3.77. The molecule has 0 bridgehead atoms. The standard InChI is InChI=1S/C20H22N4O/c1-24-19-9-5-8-18(17(19)13-21-24)23-20(25)22-16-11-10-15(12-16)14-6-3-2-4-7-14/h2-9,13,15-16H,10-12H2,1H3,(H2,22,23,25)/t15-,16+/m0/s1. The van der Waals surface area contributed by atoms with E-state index in [1.807, 2.05) is 31.3 Å². The maximum absolute atomic E-state index is 12.4. The number of nitrogens with zero attached hydrogens (tertiary/aromatic N) is 2. The molecule has 3 aromatic rings. The highest BCUT2D eigenvalue weighted by Crippen LogP contribution is 2.34. The average molecular weight is 334 g/mol. The molecule has 0 unspecified atom stereocenters. The van der Waals surface area contributed by atoms with Gasteiger partial charge in [0.05, 0.1) is 17.4 Å². The Morgan fingerprint density at radius 2 is 1.96 bits per heavy atom. The number of fused-ring (bicyclic) bond motifs is 1. The summed E-state index contributed by atoms with van der Waals surface area (Å²) in [6.45, 7) is 0. The van der Waals surface area contributed by atoms with Gasteiger partial charge >= 0.3 is 6.03 Å². The lowest BCUT2D eigenvalue weighted by Gasteiger charge is -2.15. The van der Waals surface area contributed by atoms with Crippen LogP contribution in [0.25, 0.3) is 10.9 Å². The molecular formula is C20H22N4O. The molecule has 0 saturated heterocycles. The molecule has 0 radical (unpaired) electrons. The summed E-state index contributed by atoms with van der Waals surface area (Å²) >= 11 is 0. The van der Waals surface area contributed by atoms with Gasteiger partial charge in [-0.25, -0.2) is 4.79 Å². The predicted molar refractivity (Wildman–Crippen MR) is 99.7 cm³/mol. The highest BCUT2D eigenvalue weighted by atomic mass is 16.2. The lowest BCUT2D eigenvalue weighted by molar-refractivity contribution is 0.248. The first-order valence-electron chi connectivity index (χ1n) is 8.74. The topological polar surface area (TPSA) is 59.0 Å². The highest BCUT2D eigenvalue weighted by molar-refractivity contribution is 6.00. The first kappa shape index (κ1) is 15.7. The lowest BCUT2D eigenvalue weighted by Crippen LogP contribution is -2.36. The van der Waals surface area contributed by atoms with Gasteiger partial charge in [0, 0.05) is 18.5 Å². The van der Waals surface area contributed by atoms with E-state index < -0.39 is 0 Å². The van der Waals surface area contributed by atoms with Crippen LogP contribution in [0.2, 0.25) is 0 Å². The van der Waals surface area contributed by atoms with Gasteiger partial charge in [-0.2, -0.15) is 5.10 Å². The van der Waals surface area contributed by atoms with Gasteiger partial charge in [-0.15, -0.1) is 0 Å². The van der Waals surface area contributed by atoms with Crippen molar-refractivity contribution in [2.75, 3.05) is 5.32 Å². The zero-order chi connectivity index (χ0) is 17.2. The molecule has 25 heavy (non-hydrogen) atoms. The molecule has 2 amide bonds. The summed E-state index contributed by atoms with van der Waals surface area (Å²) in [7, 11) is 1.90. The Morgan fingerprint density at radius 1 is 1.12 bits per heavy atom. The number of anilines is 1. The largest absolute Gasteiger partial charge is 0.335 e. The van der Waals surface area contributed by atoms with Crippen molar-refractivity contribution in [2.45, 2.75) is 31.2 Å². The van der Waals surface area contributed by atoms with Gasteiger partial charge in [0.1, 0.15) is 0 Å². The number of aryl methyl sites for hydroxylation is 1. The zero-order valence-corrected chi connectivity index (χ0v) is 14.3. The number of carbonyl (C=O) groups excluding carboxylic acids is 1. The third-order valence-corrected chi connectivity index (χ3v) is 5.08. The Hall–Kier alpha value is -2.82. The first-order chi connectivity index (χ1) is 12.2. The Kier molecular flexibility index (Phi) is 4.14. The van der Waals surface area contributed by atoms with E-state index in [1.54, 1.807) is 10.9 Å². The Morgan fingerprint density at radius 3 is 2.80 bits per heavy atom. The second kappa shape index (κ2) is 6.59. The van der Waals surface area contributed by atoms with Gasteiger partial charge in [0.15, 0.2) is 0 Å². The summed E-state index contributed by atoms with van der Waals surface area (Å²) in [6, 6.07) is 16.5. The third kappa shape index (κ3) is 3.22. The van der Waals surface area contributed by atoms with Crippen LogP contribution in [0, 0.1) is 0 Å². The van der Waals surface area contributed by atoms with E-state index in [9.17, 15) is 4.79 Å². The Labute approximate surface area is 147 Å². The van der Waals surface area contributed by atoms with Crippen molar-refractivity contribution >= 4 is 22.6 Å². The molecule has 1 heterocycles. The second-order valence-electron chi connectivity index (χ2n) is 6.72. The second-order valence-corrected chi connectivity index (χ2v) is 6.72. The van der Waals surface area contributed by atoms with Crippen LogP contribution in [0.5, 0.6) is 0 Å². The van der Waals surface area contributed by atoms with Gasteiger partial charge in [0.2, 0.25) is 0 Å². The summed E-state index contributed by atoms with van der Waals surface area (Å²) in [5.41, 5.74) is 3.16. The van der Waals surface area contributed by atoms with Gasteiger partial charge in [-0.05, 0) is 42.9 Å². The van der Waals surface area contributed by atoms with Crippen LogP contribution in [-0.2, 0) is 7.05 Å². The van der Waals surface area contributed by atoms with E-state index in [2.05, 4.69) is 40.0 Å². The molecule has 5 heteroatoms. The quantitative estimate of drug-likeness (QED) is 0.760. The molecule has 2 N–H and O–H groups in total. The minimum absolute atomic E-state index is 0.143. The van der Waals surface area contributed by atoms with Crippen molar-refractivity contribution in [2.24, 2.45) is 7.05 Å². The molecule has 128 valence electrons. The van der Waals surface area contributed by atoms with Crippen LogP contribution < -0.4 is 10.6 Å². The van der Waals surface area contributed by atoms with Gasteiger partial charge in [-0.3, -0.25) is 4.68 Å². The van der Waals surface area contributed by atoms with Gasteiger partial charge in [-0.1, -0.05) is 36.4 Å². The van der Waals surface area contributed by atoms with Crippen LogP contribution >= 0.6 is 0 Å². The van der Waals surface area contributed by atoms with E-state index in [0.29, 0.717) is 5.92 Å². The number of benzene rings is 2. The van der Waals surface area contributed by atoms with E-state index in [1.165, 1.54) is 5.56 Å². The van der Waals surface area contributed by atoms with Gasteiger partial charge in [0.25, 0.3) is 0 Å². The van der Waals surface area contributed by atoms with Crippen molar-refractivity contribution in [3.05, 3.63) is 60.3 Å².